The predicted molar refractivity (Wildman–Crippen MR) is 107 cm³/mol. The number of carbonyl (C=O) groups is 1. The first-order valence-electron chi connectivity index (χ1n) is 9.98. The summed E-state index contributed by atoms with van der Waals surface area (Å²) in [5.74, 6) is 0.282. The van der Waals surface area contributed by atoms with Gasteiger partial charge in [0.05, 0.1) is 0 Å². The molecule has 1 aromatic rings. The fraction of sp³-hybridized carbons (Fsp3) is 0.591. The molecule has 2 aliphatic rings. The van der Waals surface area contributed by atoms with E-state index >= 15 is 0 Å². The topological polar surface area (TPSA) is 26.8 Å². The van der Waals surface area contributed by atoms with Crippen LogP contribution in [0.3, 0.4) is 0 Å². The number of benzene rings is 1. The summed E-state index contributed by atoms with van der Waals surface area (Å²) in [4.78, 5) is 20.7. The van der Waals surface area contributed by atoms with E-state index in [4.69, 9.17) is 0 Å². The molecule has 0 atom stereocenters. The summed E-state index contributed by atoms with van der Waals surface area (Å²) in [5.41, 5.74) is 3.30. The Morgan fingerprint density at radius 1 is 1.12 bits per heavy atom. The molecule has 4 heteroatoms. The molecule has 1 aliphatic heterocycles. The second-order valence-electron chi connectivity index (χ2n) is 7.85. The molecule has 1 aromatic carbocycles. The summed E-state index contributed by atoms with van der Waals surface area (Å²) < 4.78 is 0. The molecule has 4 nitrogen and oxygen atoms in total. The van der Waals surface area contributed by atoms with E-state index in [9.17, 15) is 4.79 Å². The summed E-state index contributed by atoms with van der Waals surface area (Å²) in [6, 6.07) is 8.59. The van der Waals surface area contributed by atoms with Crippen LogP contribution in [0.4, 0.5) is 0 Å². The molecule has 0 unspecified atom stereocenters. The number of piperazine rings is 1. The molecule has 3 rings (SSSR count). The monoisotopic (exact) mass is 355 g/mol. The lowest BCUT2D eigenvalue weighted by Crippen LogP contribution is -2.64. The van der Waals surface area contributed by atoms with E-state index in [1.807, 2.05) is 11.8 Å². The molecule has 26 heavy (non-hydrogen) atoms. The van der Waals surface area contributed by atoms with Gasteiger partial charge in [0, 0.05) is 52.1 Å². The molecule has 0 bridgehead atoms. The lowest BCUT2D eigenvalue weighted by Gasteiger charge is -2.46. The molecule has 0 N–H and O–H groups in total. The zero-order chi connectivity index (χ0) is 18.7. The van der Waals surface area contributed by atoms with E-state index in [2.05, 4.69) is 54.5 Å². The molecule has 1 fully saturated rings. The van der Waals surface area contributed by atoms with Gasteiger partial charge in [0.1, 0.15) is 5.54 Å². The number of hydrogen-bond donors (Lipinski definition) is 0. The van der Waals surface area contributed by atoms with Crippen molar-refractivity contribution in [2.75, 3.05) is 45.8 Å². The Bertz CT molecular complexity index is 636. The maximum atomic E-state index is 13.8. The number of likely N-dealkylation sites (N-methyl/N-ethyl adjacent to an activating group) is 2. The van der Waals surface area contributed by atoms with Crippen LogP contribution in [0.1, 0.15) is 31.9 Å². The van der Waals surface area contributed by atoms with E-state index in [1.54, 1.807) is 0 Å². The fourth-order valence-corrected chi connectivity index (χ4v) is 4.54. The lowest BCUT2D eigenvalue weighted by molar-refractivity contribution is -0.145. The Hall–Kier alpha value is -1.65. The van der Waals surface area contributed by atoms with Crippen molar-refractivity contribution in [1.82, 2.24) is 14.7 Å². The van der Waals surface area contributed by atoms with Crippen molar-refractivity contribution < 1.29 is 4.79 Å². The van der Waals surface area contributed by atoms with Crippen LogP contribution in [0.15, 0.2) is 36.4 Å². The van der Waals surface area contributed by atoms with Crippen LogP contribution >= 0.6 is 0 Å². The normalized spacial score (nSPS) is 20.0. The van der Waals surface area contributed by atoms with Gasteiger partial charge in [-0.25, -0.2) is 0 Å². The van der Waals surface area contributed by atoms with E-state index in [1.165, 1.54) is 11.1 Å². The predicted octanol–water partition coefficient (Wildman–Crippen LogP) is 2.59. The highest BCUT2D eigenvalue weighted by atomic mass is 16.2. The van der Waals surface area contributed by atoms with Gasteiger partial charge in [-0.05, 0) is 31.5 Å². The van der Waals surface area contributed by atoms with Gasteiger partial charge in [0.2, 0.25) is 5.91 Å². The maximum Gasteiger partial charge on any atom is 0.244 e. The molecule has 0 radical (unpaired) electrons. The Kier molecular flexibility index (Phi) is 5.83. The number of fused-ring (bicyclic) bond motifs is 1. The van der Waals surface area contributed by atoms with Gasteiger partial charge in [-0.3, -0.25) is 9.69 Å². The van der Waals surface area contributed by atoms with Crippen LogP contribution in [0, 0.1) is 0 Å². The number of carbonyl (C=O) groups excluding carboxylic acids is 1. The number of nitrogens with zero attached hydrogens (tertiary/aromatic N) is 3. The van der Waals surface area contributed by atoms with Crippen LogP contribution < -0.4 is 0 Å². The van der Waals surface area contributed by atoms with Crippen molar-refractivity contribution in [1.29, 1.82) is 0 Å². The van der Waals surface area contributed by atoms with Crippen LogP contribution in [0.5, 0.6) is 0 Å². The van der Waals surface area contributed by atoms with Crippen LogP contribution in [-0.4, -0.2) is 72.0 Å². The van der Waals surface area contributed by atoms with Crippen LogP contribution in [0.2, 0.25) is 0 Å². The highest BCUT2D eigenvalue weighted by molar-refractivity contribution is 5.88. The second kappa shape index (κ2) is 7.93. The first-order valence-corrected chi connectivity index (χ1v) is 9.98. The average Bonchev–Trinajstić information content (AvgIpc) is 3.06. The van der Waals surface area contributed by atoms with Crippen LogP contribution in [-0.2, 0) is 17.6 Å². The molecular weight excluding hydrogens is 322 g/mol. The molecule has 1 aliphatic carbocycles. The first kappa shape index (κ1) is 19.1. The smallest absolute Gasteiger partial charge is 0.244 e. The first-order chi connectivity index (χ1) is 12.5. The Morgan fingerprint density at radius 3 is 2.15 bits per heavy atom. The maximum absolute atomic E-state index is 13.8. The summed E-state index contributed by atoms with van der Waals surface area (Å²) >= 11 is 0. The number of amides is 1. The van der Waals surface area contributed by atoms with Crippen molar-refractivity contribution in [3.63, 3.8) is 0 Å². The summed E-state index contributed by atoms with van der Waals surface area (Å²) in [6.45, 7) is 16.9. The van der Waals surface area contributed by atoms with Gasteiger partial charge >= 0.3 is 0 Å². The number of rotatable bonds is 6. The highest BCUT2D eigenvalue weighted by Crippen LogP contribution is 2.37. The van der Waals surface area contributed by atoms with Gasteiger partial charge in [-0.15, -0.1) is 0 Å². The fourth-order valence-electron chi connectivity index (χ4n) is 4.54. The summed E-state index contributed by atoms with van der Waals surface area (Å²) in [5, 5.41) is 0. The second-order valence-corrected chi connectivity index (χ2v) is 7.85. The molecule has 142 valence electrons. The lowest BCUT2D eigenvalue weighted by atomic mass is 9.90. The number of hydrogen-bond acceptors (Lipinski definition) is 3. The van der Waals surface area contributed by atoms with Crippen molar-refractivity contribution in [3.05, 3.63) is 47.5 Å². The largest absolute Gasteiger partial charge is 0.337 e. The quantitative estimate of drug-likeness (QED) is 0.734. The molecule has 1 amide bonds. The zero-order valence-electron chi connectivity index (χ0n) is 16.6. The highest BCUT2D eigenvalue weighted by Gasteiger charge is 2.50. The Balaban J connectivity index is 1.90. The molecular formula is C22H33N3O. The standard InChI is InChI=1S/C22H33N3O/c1-5-23-11-13-25(14-12-23)22(21(26)24(6-2)17-18(3)4)15-19-9-7-8-10-20(19)16-22/h7-10H,3,5-6,11-17H2,1-2,4H3. The van der Waals surface area contributed by atoms with E-state index in [-0.39, 0.29) is 5.91 Å². The molecule has 0 spiro atoms. The van der Waals surface area contributed by atoms with E-state index in [0.717, 1.165) is 57.7 Å². The van der Waals surface area contributed by atoms with Crippen molar-refractivity contribution in [3.8, 4) is 0 Å². The minimum absolute atomic E-state index is 0.282. The van der Waals surface area contributed by atoms with Gasteiger partial charge in [0.25, 0.3) is 0 Å². The zero-order valence-corrected chi connectivity index (χ0v) is 16.6. The summed E-state index contributed by atoms with van der Waals surface area (Å²) in [7, 11) is 0. The van der Waals surface area contributed by atoms with E-state index < -0.39 is 5.54 Å². The third-order valence-corrected chi connectivity index (χ3v) is 6.04. The molecule has 1 heterocycles. The minimum atomic E-state index is -0.422. The molecule has 1 saturated heterocycles. The van der Waals surface area contributed by atoms with Crippen molar-refractivity contribution in [2.24, 2.45) is 0 Å². The van der Waals surface area contributed by atoms with Gasteiger partial charge in [-0.1, -0.05) is 43.3 Å². The van der Waals surface area contributed by atoms with Crippen molar-refractivity contribution >= 4 is 5.91 Å². The molecule has 0 saturated carbocycles. The van der Waals surface area contributed by atoms with Gasteiger partial charge in [0.15, 0.2) is 0 Å². The van der Waals surface area contributed by atoms with Gasteiger partial charge < -0.3 is 9.80 Å². The minimum Gasteiger partial charge on any atom is -0.337 e. The Labute approximate surface area is 158 Å². The SMILES string of the molecule is C=C(C)CN(CC)C(=O)C1(N2CCN(CC)CC2)Cc2ccccc2C1. The van der Waals surface area contributed by atoms with Crippen molar-refractivity contribution in [2.45, 2.75) is 39.2 Å². The third kappa shape index (κ3) is 3.58. The summed E-state index contributed by atoms with van der Waals surface area (Å²) in [6.07, 6.45) is 1.67. The average molecular weight is 356 g/mol. The van der Waals surface area contributed by atoms with E-state index in [0.29, 0.717) is 6.54 Å². The third-order valence-electron chi connectivity index (χ3n) is 6.04. The van der Waals surface area contributed by atoms with Gasteiger partial charge in [-0.2, -0.15) is 0 Å². The molecule has 0 aromatic heterocycles. The Morgan fingerprint density at radius 2 is 1.69 bits per heavy atom. The van der Waals surface area contributed by atoms with Crippen LogP contribution in [0.25, 0.3) is 0 Å².